The molecule has 4 heteroatoms. The van der Waals surface area contributed by atoms with Crippen molar-refractivity contribution in [1.82, 2.24) is 9.38 Å². The minimum Gasteiger partial charge on any atom is -0.390 e. The Morgan fingerprint density at radius 2 is 2.06 bits per heavy atom. The van der Waals surface area contributed by atoms with Gasteiger partial charge in [0.05, 0.1) is 18.0 Å². The molecule has 0 aliphatic rings. The average molecular weight is 230 g/mol. The molecule has 0 saturated heterocycles. The van der Waals surface area contributed by atoms with Crippen molar-refractivity contribution in [2.75, 3.05) is 0 Å². The highest BCUT2D eigenvalue weighted by atomic mass is 32.1. The molecule has 16 heavy (non-hydrogen) atoms. The number of thiazole rings is 1. The zero-order valence-electron chi connectivity index (χ0n) is 8.50. The Morgan fingerprint density at radius 1 is 1.25 bits per heavy atom. The van der Waals surface area contributed by atoms with E-state index in [1.165, 1.54) is 0 Å². The molecule has 0 amide bonds. The number of nitrogens with zero attached hydrogens (tertiary/aromatic N) is 2. The van der Waals surface area contributed by atoms with Crippen LogP contribution in [0.25, 0.3) is 16.2 Å². The molecule has 0 unspecified atom stereocenters. The van der Waals surface area contributed by atoms with E-state index in [4.69, 9.17) is 0 Å². The highest BCUT2D eigenvalue weighted by Crippen LogP contribution is 2.26. The van der Waals surface area contributed by atoms with Crippen LogP contribution >= 0.6 is 11.3 Å². The van der Waals surface area contributed by atoms with Gasteiger partial charge < -0.3 is 5.11 Å². The Morgan fingerprint density at radius 3 is 2.81 bits per heavy atom. The lowest BCUT2D eigenvalue weighted by Gasteiger charge is -2.00. The van der Waals surface area contributed by atoms with Gasteiger partial charge in [0.15, 0.2) is 4.96 Å². The monoisotopic (exact) mass is 230 g/mol. The van der Waals surface area contributed by atoms with Gasteiger partial charge in [-0.2, -0.15) is 0 Å². The van der Waals surface area contributed by atoms with Gasteiger partial charge in [-0.1, -0.05) is 30.3 Å². The summed E-state index contributed by atoms with van der Waals surface area (Å²) in [6.45, 7) is 0.00211. The van der Waals surface area contributed by atoms with Gasteiger partial charge in [-0.05, 0) is 0 Å². The summed E-state index contributed by atoms with van der Waals surface area (Å²) in [5, 5.41) is 11.4. The molecule has 0 saturated carbocycles. The molecule has 0 bridgehead atoms. The number of aliphatic hydroxyl groups excluding tert-OH is 1. The number of hydrogen-bond acceptors (Lipinski definition) is 3. The predicted molar refractivity (Wildman–Crippen MR) is 64.4 cm³/mol. The van der Waals surface area contributed by atoms with Crippen LogP contribution in [-0.2, 0) is 6.61 Å². The molecule has 3 aromatic rings. The van der Waals surface area contributed by atoms with Gasteiger partial charge in [0, 0.05) is 17.1 Å². The van der Waals surface area contributed by atoms with Crippen LogP contribution in [0.5, 0.6) is 0 Å². The second-order valence-electron chi connectivity index (χ2n) is 3.49. The van der Waals surface area contributed by atoms with E-state index < -0.39 is 0 Å². The first kappa shape index (κ1) is 9.57. The van der Waals surface area contributed by atoms with Crippen molar-refractivity contribution < 1.29 is 5.11 Å². The van der Waals surface area contributed by atoms with E-state index in [2.05, 4.69) is 4.98 Å². The zero-order valence-corrected chi connectivity index (χ0v) is 9.31. The smallest absolute Gasteiger partial charge is 0.194 e. The number of rotatable bonds is 2. The minimum absolute atomic E-state index is 0.00211. The van der Waals surface area contributed by atoms with Crippen LogP contribution in [-0.4, -0.2) is 14.5 Å². The molecule has 0 radical (unpaired) electrons. The highest BCUT2D eigenvalue weighted by molar-refractivity contribution is 7.15. The van der Waals surface area contributed by atoms with Gasteiger partial charge in [0.1, 0.15) is 0 Å². The molecule has 0 aliphatic carbocycles. The molecule has 80 valence electrons. The lowest BCUT2D eigenvalue weighted by Crippen LogP contribution is -1.91. The average Bonchev–Trinajstić information content (AvgIpc) is 2.89. The topological polar surface area (TPSA) is 37.5 Å². The van der Waals surface area contributed by atoms with Crippen LogP contribution in [0.4, 0.5) is 0 Å². The van der Waals surface area contributed by atoms with E-state index in [-0.39, 0.29) is 6.61 Å². The summed E-state index contributed by atoms with van der Waals surface area (Å²) >= 11 is 1.57. The van der Waals surface area contributed by atoms with Crippen LogP contribution in [0.2, 0.25) is 0 Å². The molecular formula is C12H10N2OS. The first-order valence-electron chi connectivity index (χ1n) is 5.01. The van der Waals surface area contributed by atoms with Crippen LogP contribution in [0, 0.1) is 0 Å². The third kappa shape index (κ3) is 1.35. The lowest BCUT2D eigenvalue weighted by molar-refractivity contribution is 0.276. The molecule has 0 aliphatic heterocycles. The van der Waals surface area contributed by atoms with Gasteiger partial charge >= 0.3 is 0 Å². The zero-order chi connectivity index (χ0) is 11.0. The van der Waals surface area contributed by atoms with Crippen molar-refractivity contribution in [2.24, 2.45) is 0 Å². The number of imidazole rings is 1. The van der Waals surface area contributed by atoms with E-state index in [1.807, 2.05) is 46.3 Å². The number of aromatic nitrogens is 2. The van der Waals surface area contributed by atoms with Crippen molar-refractivity contribution in [3.63, 3.8) is 0 Å². The SMILES string of the molecule is OCc1c(-c2ccccc2)nc2sccn12. The summed E-state index contributed by atoms with van der Waals surface area (Å²) in [6.07, 6.45) is 1.94. The van der Waals surface area contributed by atoms with Gasteiger partial charge in [0.2, 0.25) is 0 Å². The Balaban J connectivity index is 2.27. The second kappa shape index (κ2) is 3.73. The summed E-state index contributed by atoms with van der Waals surface area (Å²) in [7, 11) is 0. The Hall–Kier alpha value is -1.65. The maximum absolute atomic E-state index is 9.43. The summed E-state index contributed by atoms with van der Waals surface area (Å²) in [5.74, 6) is 0. The normalized spacial score (nSPS) is 11.1. The fraction of sp³-hybridized carbons (Fsp3) is 0.0833. The van der Waals surface area contributed by atoms with E-state index in [0.29, 0.717) is 0 Å². The highest BCUT2D eigenvalue weighted by Gasteiger charge is 2.13. The van der Waals surface area contributed by atoms with Crippen LogP contribution in [0.15, 0.2) is 41.9 Å². The number of benzene rings is 1. The minimum atomic E-state index is 0.00211. The standard InChI is InChI=1S/C12H10N2OS/c15-8-10-11(9-4-2-1-3-5-9)13-12-14(10)6-7-16-12/h1-7,15H,8H2. The Bertz CT molecular complexity index is 612. The Kier molecular flexibility index (Phi) is 2.23. The number of aliphatic hydroxyl groups is 1. The van der Waals surface area contributed by atoms with E-state index in [0.717, 1.165) is 21.9 Å². The molecule has 1 N–H and O–H groups in total. The molecule has 0 spiro atoms. The van der Waals surface area contributed by atoms with Crippen molar-refractivity contribution in [3.05, 3.63) is 47.6 Å². The third-order valence-electron chi connectivity index (χ3n) is 2.56. The summed E-state index contributed by atoms with van der Waals surface area (Å²) in [5.41, 5.74) is 2.76. The predicted octanol–water partition coefficient (Wildman–Crippen LogP) is 2.56. The van der Waals surface area contributed by atoms with Crippen molar-refractivity contribution in [3.8, 4) is 11.3 Å². The molecule has 2 aromatic heterocycles. The first-order chi connectivity index (χ1) is 7.90. The van der Waals surface area contributed by atoms with E-state index in [1.54, 1.807) is 11.3 Å². The fourth-order valence-corrected chi connectivity index (χ4v) is 2.54. The maximum atomic E-state index is 9.43. The molecule has 1 aromatic carbocycles. The quantitative estimate of drug-likeness (QED) is 0.734. The molecule has 3 rings (SSSR count). The third-order valence-corrected chi connectivity index (χ3v) is 3.31. The van der Waals surface area contributed by atoms with Crippen LogP contribution in [0.1, 0.15) is 5.69 Å². The van der Waals surface area contributed by atoms with E-state index >= 15 is 0 Å². The fourth-order valence-electron chi connectivity index (χ4n) is 1.81. The van der Waals surface area contributed by atoms with Gasteiger partial charge in [-0.15, -0.1) is 11.3 Å². The Labute approximate surface area is 96.6 Å². The first-order valence-corrected chi connectivity index (χ1v) is 5.89. The second-order valence-corrected chi connectivity index (χ2v) is 4.36. The van der Waals surface area contributed by atoms with Gasteiger partial charge in [-0.25, -0.2) is 4.98 Å². The van der Waals surface area contributed by atoms with Crippen LogP contribution in [0.3, 0.4) is 0 Å². The molecule has 0 fully saturated rings. The lowest BCUT2D eigenvalue weighted by atomic mass is 10.1. The molecule has 3 nitrogen and oxygen atoms in total. The molecule has 2 heterocycles. The van der Waals surface area contributed by atoms with Crippen molar-refractivity contribution in [1.29, 1.82) is 0 Å². The summed E-state index contributed by atoms with van der Waals surface area (Å²) < 4.78 is 1.94. The number of fused-ring (bicyclic) bond motifs is 1. The van der Waals surface area contributed by atoms with Gasteiger partial charge in [0.25, 0.3) is 0 Å². The summed E-state index contributed by atoms with van der Waals surface area (Å²) in [4.78, 5) is 5.45. The van der Waals surface area contributed by atoms with E-state index in [9.17, 15) is 5.11 Å². The van der Waals surface area contributed by atoms with Gasteiger partial charge in [-0.3, -0.25) is 4.40 Å². The van der Waals surface area contributed by atoms with Crippen molar-refractivity contribution in [2.45, 2.75) is 6.61 Å². The summed E-state index contributed by atoms with van der Waals surface area (Å²) in [6, 6.07) is 9.94. The molecular weight excluding hydrogens is 220 g/mol. The van der Waals surface area contributed by atoms with Crippen LogP contribution < -0.4 is 0 Å². The number of hydrogen-bond donors (Lipinski definition) is 1. The van der Waals surface area contributed by atoms with Crippen molar-refractivity contribution >= 4 is 16.3 Å². The largest absolute Gasteiger partial charge is 0.390 e. The maximum Gasteiger partial charge on any atom is 0.194 e. The molecule has 0 atom stereocenters.